The van der Waals surface area contributed by atoms with Crippen LogP contribution < -0.4 is 4.90 Å². The zero-order chi connectivity index (χ0) is 20.1. The van der Waals surface area contributed by atoms with Gasteiger partial charge < -0.3 is 0 Å². The molecule has 0 fully saturated rings. The predicted octanol–water partition coefficient (Wildman–Crippen LogP) is 9.23. The van der Waals surface area contributed by atoms with Gasteiger partial charge in [-0.05, 0) is 119 Å². The van der Waals surface area contributed by atoms with Crippen molar-refractivity contribution in [1.29, 1.82) is 0 Å². The molecule has 1 amide bonds. The Kier molecular flexibility index (Phi) is 5.06. The molecule has 0 radical (unpaired) electrons. The van der Waals surface area contributed by atoms with Crippen LogP contribution in [0.4, 0.5) is 11.4 Å². The molecule has 2 aliphatic heterocycles. The number of halogens is 7. The van der Waals surface area contributed by atoms with E-state index in [1.165, 1.54) is 0 Å². The van der Waals surface area contributed by atoms with E-state index in [0.29, 0.717) is 15.9 Å². The Morgan fingerprint density at radius 1 is 0.750 bits per heavy atom. The van der Waals surface area contributed by atoms with Crippen molar-refractivity contribution in [1.82, 2.24) is 0 Å². The summed E-state index contributed by atoms with van der Waals surface area (Å²) in [6.45, 7) is 0. The van der Waals surface area contributed by atoms with E-state index in [2.05, 4.69) is 112 Å². The first kappa shape index (κ1) is 20.3. The number of amides is 1. The van der Waals surface area contributed by atoms with Crippen LogP contribution in [-0.2, 0) is 0 Å². The second-order valence-electron chi connectivity index (χ2n) is 6.13. The Hall–Kier alpha value is 0.420. The van der Waals surface area contributed by atoms with Crippen molar-refractivity contribution in [2.45, 2.75) is 0 Å². The lowest BCUT2D eigenvalue weighted by Crippen LogP contribution is -2.32. The zero-order valence-corrected chi connectivity index (χ0v) is 24.3. The van der Waals surface area contributed by atoms with Crippen molar-refractivity contribution in [2.75, 3.05) is 4.90 Å². The molecule has 0 saturated carbocycles. The molecular formula is C18H3Br7N2O. The fourth-order valence-electron chi connectivity index (χ4n) is 3.50. The molecule has 0 aliphatic carbocycles. The summed E-state index contributed by atoms with van der Waals surface area (Å²) in [6.07, 6.45) is 0. The zero-order valence-electron chi connectivity index (χ0n) is 13.2. The van der Waals surface area contributed by atoms with Crippen LogP contribution in [0.3, 0.4) is 0 Å². The van der Waals surface area contributed by atoms with E-state index in [9.17, 15) is 4.79 Å². The van der Waals surface area contributed by atoms with Crippen molar-refractivity contribution in [3.05, 3.63) is 60.6 Å². The van der Waals surface area contributed by atoms with Crippen LogP contribution in [0.1, 0.15) is 15.9 Å². The Balaban J connectivity index is 1.97. The SMILES string of the molecule is O=C1c2c(Br)c(Br)c(Br)c(Br)c2C2=Nc3cc(Br)cc4cc(Br)c(Br)c(c34)N12. The summed E-state index contributed by atoms with van der Waals surface area (Å²) < 4.78 is 5.64. The van der Waals surface area contributed by atoms with Crippen molar-refractivity contribution in [2.24, 2.45) is 4.99 Å². The summed E-state index contributed by atoms with van der Waals surface area (Å²) in [6, 6.07) is 6.01. The third kappa shape index (κ3) is 2.64. The Morgan fingerprint density at radius 2 is 1.39 bits per heavy atom. The van der Waals surface area contributed by atoms with Gasteiger partial charge in [-0.3, -0.25) is 9.69 Å². The van der Waals surface area contributed by atoms with E-state index in [1.807, 2.05) is 18.2 Å². The molecule has 0 aromatic heterocycles. The summed E-state index contributed by atoms with van der Waals surface area (Å²) in [4.78, 5) is 20.1. The van der Waals surface area contributed by atoms with Gasteiger partial charge in [-0.1, -0.05) is 15.9 Å². The number of hydrogen-bond donors (Lipinski definition) is 0. The van der Waals surface area contributed by atoms with Gasteiger partial charge in [-0.25, -0.2) is 4.99 Å². The molecule has 3 aromatic rings. The number of benzene rings is 3. The van der Waals surface area contributed by atoms with Crippen LogP contribution in [0.5, 0.6) is 0 Å². The third-order valence-electron chi connectivity index (χ3n) is 4.62. The third-order valence-corrected chi connectivity index (χ3v) is 11.8. The van der Waals surface area contributed by atoms with Crippen LogP contribution >= 0.6 is 112 Å². The lowest BCUT2D eigenvalue weighted by Gasteiger charge is -2.26. The van der Waals surface area contributed by atoms with Crippen LogP contribution in [0.15, 0.2) is 54.5 Å². The van der Waals surface area contributed by atoms with Gasteiger partial charge in [-0.15, -0.1) is 0 Å². The van der Waals surface area contributed by atoms with E-state index in [0.717, 1.165) is 54.5 Å². The minimum absolute atomic E-state index is 0.136. The van der Waals surface area contributed by atoms with Gasteiger partial charge in [0.2, 0.25) is 0 Å². The topological polar surface area (TPSA) is 32.7 Å². The second-order valence-corrected chi connectivity index (χ2v) is 11.9. The van der Waals surface area contributed by atoms with Crippen LogP contribution in [0.25, 0.3) is 10.8 Å². The standard InChI is InChI=1S/C18H3Br7N2O/c19-5-1-4-2-6(20)11(21)16-8(4)7(3-5)26-17-9-10(18(28)27(16)17)13(23)15(25)14(24)12(9)22/h1-3H. The second kappa shape index (κ2) is 6.97. The van der Waals surface area contributed by atoms with E-state index >= 15 is 0 Å². The minimum Gasteiger partial charge on any atom is -0.268 e. The maximum Gasteiger partial charge on any atom is 0.266 e. The monoisotopic (exact) mass is 815 g/mol. The molecule has 0 bridgehead atoms. The highest BCUT2D eigenvalue weighted by atomic mass is 79.9. The van der Waals surface area contributed by atoms with Gasteiger partial charge in [0.25, 0.3) is 5.91 Å². The highest BCUT2D eigenvalue weighted by Gasteiger charge is 2.43. The Bertz CT molecular complexity index is 1320. The molecule has 5 rings (SSSR count). The first-order chi connectivity index (χ1) is 13.2. The van der Waals surface area contributed by atoms with Crippen molar-refractivity contribution >= 4 is 145 Å². The molecule has 0 spiro atoms. The number of carbonyl (C=O) groups is 1. The molecule has 2 heterocycles. The molecule has 140 valence electrons. The summed E-state index contributed by atoms with van der Waals surface area (Å²) >= 11 is 25.2. The molecule has 0 unspecified atom stereocenters. The fourth-order valence-corrected chi connectivity index (χ4v) is 7.35. The molecule has 0 atom stereocenters. The van der Waals surface area contributed by atoms with Gasteiger partial charge in [0, 0.05) is 37.8 Å². The van der Waals surface area contributed by atoms with Gasteiger partial charge >= 0.3 is 0 Å². The fraction of sp³-hybridized carbons (Fsp3) is 0. The van der Waals surface area contributed by atoms with Crippen molar-refractivity contribution in [3.63, 3.8) is 0 Å². The molecule has 10 heteroatoms. The number of fused-ring (bicyclic) bond motifs is 4. The molecule has 3 aromatic carbocycles. The average Bonchev–Trinajstić information content (AvgIpc) is 2.93. The Morgan fingerprint density at radius 3 is 2.07 bits per heavy atom. The Labute approximate surface area is 218 Å². The molecule has 0 N–H and O–H groups in total. The van der Waals surface area contributed by atoms with E-state index in [1.54, 1.807) is 4.90 Å². The number of hydrogen-bond acceptors (Lipinski definition) is 2. The molecule has 3 nitrogen and oxygen atoms in total. The maximum atomic E-state index is 13.6. The molecule has 28 heavy (non-hydrogen) atoms. The predicted molar refractivity (Wildman–Crippen MR) is 137 cm³/mol. The quantitative estimate of drug-likeness (QED) is 0.165. The number of amidine groups is 1. The largest absolute Gasteiger partial charge is 0.268 e. The number of carbonyl (C=O) groups excluding carboxylic acids is 1. The van der Waals surface area contributed by atoms with E-state index in [4.69, 9.17) is 4.99 Å². The van der Waals surface area contributed by atoms with E-state index in [-0.39, 0.29) is 5.91 Å². The summed E-state index contributed by atoms with van der Waals surface area (Å²) in [5.41, 5.74) is 2.90. The first-order valence-corrected chi connectivity index (χ1v) is 13.2. The number of nitrogens with zero attached hydrogens (tertiary/aromatic N) is 2. The first-order valence-electron chi connectivity index (χ1n) is 7.63. The number of aliphatic imine (C=N–C) groups is 1. The number of rotatable bonds is 0. The maximum absolute atomic E-state index is 13.6. The summed E-state index contributed by atoms with van der Waals surface area (Å²) in [7, 11) is 0. The van der Waals surface area contributed by atoms with Crippen LogP contribution in [0.2, 0.25) is 0 Å². The van der Waals surface area contributed by atoms with Crippen molar-refractivity contribution < 1.29 is 4.79 Å². The summed E-state index contributed by atoms with van der Waals surface area (Å²) in [5.74, 6) is 0.453. The highest BCUT2D eigenvalue weighted by Crippen LogP contribution is 2.53. The molecule has 2 aliphatic rings. The van der Waals surface area contributed by atoms with Gasteiger partial charge in [0.15, 0.2) is 0 Å². The molecule has 0 saturated heterocycles. The normalized spacial score (nSPS) is 14.5. The average molecular weight is 823 g/mol. The van der Waals surface area contributed by atoms with E-state index < -0.39 is 0 Å². The number of anilines is 1. The van der Waals surface area contributed by atoms with Gasteiger partial charge in [-0.2, -0.15) is 0 Å². The van der Waals surface area contributed by atoms with Gasteiger partial charge in [0.1, 0.15) is 5.84 Å². The van der Waals surface area contributed by atoms with Crippen LogP contribution in [0, 0.1) is 0 Å². The highest BCUT2D eigenvalue weighted by molar-refractivity contribution is 9.15. The van der Waals surface area contributed by atoms with Crippen LogP contribution in [-0.4, -0.2) is 11.7 Å². The summed E-state index contributed by atoms with van der Waals surface area (Å²) in [5, 5.41) is 1.91. The molecular weight excluding hydrogens is 820 g/mol. The lowest BCUT2D eigenvalue weighted by atomic mass is 10.0. The minimum atomic E-state index is -0.136. The van der Waals surface area contributed by atoms with Gasteiger partial charge in [0.05, 0.1) is 21.4 Å². The smallest absolute Gasteiger partial charge is 0.266 e. The van der Waals surface area contributed by atoms with Crippen molar-refractivity contribution in [3.8, 4) is 0 Å². The lowest BCUT2D eigenvalue weighted by molar-refractivity contribution is 0.101.